The standard InChI is InChI=1S/C29H41.C21H14.C5H5.2ClH.Zr/c1-26(2,3)22-14-18-13-19-15-23(27(4,5)6)25(29(10,11)12)17-21(19)20(18)16-24(22)28(7,8)9;1-3-13-20-16(7-1)9-5-11-18(20)15-19-12-6-10-17-8-2-4-14-21(17)19;1-2-4-5-3-1;;;/h14,16-17H,13H2,1-12H3;1-14H;1-3H,4H2;2*1H;/q;;;;;+2/p-2. The van der Waals surface area contributed by atoms with Crippen molar-refractivity contribution in [2.75, 3.05) is 0 Å². The summed E-state index contributed by atoms with van der Waals surface area (Å²) in [5.74, 6) is 0. The van der Waals surface area contributed by atoms with Crippen LogP contribution in [0, 0.1) is 0 Å². The Bertz CT molecular complexity index is 2570. The topological polar surface area (TPSA) is 0 Å². The Morgan fingerprint density at radius 1 is 0.517 bits per heavy atom. The van der Waals surface area contributed by atoms with Crippen molar-refractivity contribution >= 4 is 28.0 Å². The predicted octanol–water partition coefficient (Wildman–Crippen LogP) is 8.12. The molecule has 2 aliphatic carbocycles. The van der Waals surface area contributed by atoms with Crippen LogP contribution in [-0.2, 0) is 49.3 Å². The van der Waals surface area contributed by atoms with E-state index in [4.69, 9.17) is 0 Å². The maximum Gasteiger partial charge on any atom is -1.00 e. The zero-order valence-electron chi connectivity index (χ0n) is 36.7. The molecule has 2 aliphatic rings. The molecule has 0 atom stereocenters. The van der Waals surface area contributed by atoms with Gasteiger partial charge in [0.2, 0.25) is 0 Å². The van der Waals surface area contributed by atoms with E-state index in [0.29, 0.717) is 0 Å². The summed E-state index contributed by atoms with van der Waals surface area (Å²) in [5.41, 5.74) is 15.0. The third-order valence-electron chi connectivity index (χ3n) is 12.2. The fourth-order valence-corrected chi connectivity index (χ4v) is 18.8. The molecule has 0 N–H and O–H groups in total. The van der Waals surface area contributed by atoms with Gasteiger partial charge in [0.25, 0.3) is 0 Å². The summed E-state index contributed by atoms with van der Waals surface area (Å²) < 4.78 is 5.00. The van der Waals surface area contributed by atoms with Crippen molar-refractivity contribution in [2.45, 2.75) is 118 Å². The van der Waals surface area contributed by atoms with Crippen molar-refractivity contribution in [1.29, 1.82) is 0 Å². The van der Waals surface area contributed by atoms with Crippen molar-refractivity contribution < 1.29 is 46.1 Å². The molecule has 3 heteroatoms. The Morgan fingerprint density at radius 2 is 1.00 bits per heavy atom. The summed E-state index contributed by atoms with van der Waals surface area (Å²) in [5, 5.41) is 5.34. The van der Waals surface area contributed by atoms with Crippen LogP contribution in [-0.4, -0.2) is 3.21 Å². The molecule has 0 saturated heterocycles. The van der Waals surface area contributed by atoms with Crippen LogP contribution in [0.25, 0.3) is 32.7 Å². The van der Waals surface area contributed by atoms with E-state index in [2.05, 4.69) is 204 Å². The number of hydrogen-bond donors (Lipinski definition) is 0. The molecule has 8 rings (SSSR count). The number of rotatable bonds is 4. The summed E-state index contributed by atoms with van der Waals surface area (Å²) in [4.78, 5) is 0. The van der Waals surface area contributed by atoms with Gasteiger partial charge in [-0.25, -0.2) is 0 Å². The fraction of sp³-hybridized carbons (Fsp3) is 0.327. The van der Waals surface area contributed by atoms with Crippen LogP contribution in [0.5, 0.6) is 0 Å². The summed E-state index contributed by atoms with van der Waals surface area (Å²) in [6.07, 6.45) is 9.32. The molecule has 0 heterocycles. The first-order valence-corrected chi connectivity index (χ1v) is 24.5. The van der Waals surface area contributed by atoms with Crippen LogP contribution in [0.1, 0.15) is 134 Å². The maximum atomic E-state index is 2.66. The number of hydrogen-bond acceptors (Lipinski definition) is 0. The quantitative estimate of drug-likeness (QED) is 0.168. The Kier molecular flexibility index (Phi) is 12.1. The molecule has 0 nitrogen and oxygen atoms in total. The first-order chi connectivity index (χ1) is 26.3. The smallest absolute Gasteiger partial charge is 1.00 e. The second-order valence-electron chi connectivity index (χ2n) is 20.6. The Labute approximate surface area is 369 Å². The van der Waals surface area contributed by atoms with E-state index in [1.165, 1.54) is 66.1 Å². The van der Waals surface area contributed by atoms with E-state index in [1.54, 1.807) is 20.9 Å². The summed E-state index contributed by atoms with van der Waals surface area (Å²) in [6.45, 7) is 29.2. The SMILES string of the molecule is CC(C)(C)c1cc2c(cc1C(C)(C)C)-c1cc(C(C)(C)C)c(C(C)(C)C)[c]([Zr+2]([C]3=CC=CC3)=[C](c3cccc4ccccc34)c3cccc4ccccc34)c1C2.[Cl-].[Cl-]. The largest absolute Gasteiger partial charge is 1.00 e. The molecule has 0 radical (unpaired) electrons. The van der Waals surface area contributed by atoms with E-state index >= 15 is 0 Å². The van der Waals surface area contributed by atoms with Crippen molar-refractivity contribution in [3.8, 4) is 11.1 Å². The van der Waals surface area contributed by atoms with Gasteiger partial charge in [-0.2, -0.15) is 0 Å². The predicted molar refractivity (Wildman–Crippen MR) is 242 cm³/mol. The van der Waals surface area contributed by atoms with Crippen LogP contribution in [0.15, 0.2) is 125 Å². The molecular formula is C55H60Cl2Zr. The molecule has 0 aliphatic heterocycles. The number of fused-ring (bicyclic) bond motifs is 5. The molecule has 0 fully saturated rings. The van der Waals surface area contributed by atoms with Crippen molar-refractivity contribution in [2.24, 2.45) is 0 Å². The first-order valence-electron chi connectivity index (χ1n) is 20.8. The van der Waals surface area contributed by atoms with Gasteiger partial charge in [-0.05, 0) is 0 Å². The molecule has 0 unspecified atom stereocenters. The molecule has 298 valence electrons. The van der Waals surface area contributed by atoms with Crippen molar-refractivity contribution in [1.82, 2.24) is 0 Å². The van der Waals surface area contributed by atoms with Crippen LogP contribution < -0.4 is 28.1 Å². The molecule has 0 spiro atoms. The van der Waals surface area contributed by atoms with E-state index in [1.807, 2.05) is 0 Å². The third-order valence-corrected chi connectivity index (χ3v) is 19.8. The fourth-order valence-electron chi connectivity index (χ4n) is 9.65. The zero-order chi connectivity index (χ0) is 39.9. The monoisotopic (exact) mass is 880 g/mol. The molecule has 0 amide bonds. The Morgan fingerprint density at radius 3 is 1.48 bits per heavy atom. The minimum atomic E-state index is -3.16. The van der Waals surface area contributed by atoms with Gasteiger partial charge >= 0.3 is 347 Å². The van der Waals surface area contributed by atoms with Gasteiger partial charge in [0, 0.05) is 0 Å². The van der Waals surface area contributed by atoms with Gasteiger partial charge in [-0.3, -0.25) is 0 Å². The number of halogens is 2. The number of allylic oxidation sites excluding steroid dienone is 4. The van der Waals surface area contributed by atoms with E-state index in [0.717, 1.165) is 12.8 Å². The molecule has 0 aromatic heterocycles. The van der Waals surface area contributed by atoms with Gasteiger partial charge in [0.1, 0.15) is 0 Å². The summed E-state index contributed by atoms with van der Waals surface area (Å²) >= 11 is -3.16. The summed E-state index contributed by atoms with van der Waals surface area (Å²) in [6, 6.07) is 40.2. The molecule has 6 aromatic carbocycles. The Hall–Kier alpha value is -3.35. The van der Waals surface area contributed by atoms with Gasteiger partial charge in [-0.15, -0.1) is 0 Å². The Balaban J connectivity index is 0.00000283. The van der Waals surface area contributed by atoms with Crippen LogP contribution in [0.3, 0.4) is 0 Å². The van der Waals surface area contributed by atoms with E-state index in [-0.39, 0.29) is 46.5 Å². The zero-order valence-corrected chi connectivity index (χ0v) is 40.7. The normalized spacial score (nSPS) is 13.7. The van der Waals surface area contributed by atoms with Crippen molar-refractivity contribution in [3.63, 3.8) is 0 Å². The number of benzene rings is 6. The first kappa shape index (κ1) is 44.2. The van der Waals surface area contributed by atoms with Crippen LogP contribution in [0.2, 0.25) is 0 Å². The minimum absolute atomic E-state index is 0. The van der Waals surface area contributed by atoms with Gasteiger partial charge in [0.15, 0.2) is 0 Å². The van der Waals surface area contributed by atoms with E-state index in [9.17, 15) is 0 Å². The average molecular weight is 883 g/mol. The third kappa shape index (κ3) is 7.86. The second-order valence-corrected chi connectivity index (χ2v) is 26.4. The van der Waals surface area contributed by atoms with Gasteiger partial charge in [0.05, 0.1) is 0 Å². The molecule has 6 aromatic rings. The maximum absolute atomic E-state index is 3.16. The summed E-state index contributed by atoms with van der Waals surface area (Å²) in [7, 11) is 0. The van der Waals surface area contributed by atoms with Gasteiger partial charge < -0.3 is 24.8 Å². The molecule has 0 saturated carbocycles. The average Bonchev–Trinajstić information content (AvgIpc) is 3.79. The van der Waals surface area contributed by atoms with E-state index < -0.39 is 21.3 Å². The van der Waals surface area contributed by atoms with Crippen LogP contribution >= 0.6 is 0 Å². The minimum Gasteiger partial charge on any atom is -1.00 e. The van der Waals surface area contributed by atoms with Gasteiger partial charge in [-0.1, -0.05) is 0 Å². The molecule has 58 heavy (non-hydrogen) atoms. The van der Waals surface area contributed by atoms with Crippen LogP contribution in [0.4, 0.5) is 0 Å². The molecular weight excluding hydrogens is 823 g/mol. The van der Waals surface area contributed by atoms with Crippen molar-refractivity contribution in [3.05, 3.63) is 169 Å². The second kappa shape index (κ2) is 15.9. The molecule has 0 bridgehead atoms.